The molecule has 6 nitrogen and oxygen atoms in total. The van der Waals surface area contributed by atoms with Crippen molar-refractivity contribution in [1.29, 1.82) is 0 Å². The van der Waals surface area contributed by atoms with Crippen LogP contribution in [0.4, 0.5) is 5.69 Å². The van der Waals surface area contributed by atoms with E-state index >= 15 is 0 Å². The van der Waals surface area contributed by atoms with E-state index in [-0.39, 0.29) is 0 Å². The molecule has 0 radical (unpaired) electrons. The van der Waals surface area contributed by atoms with Crippen LogP contribution in [0.2, 0.25) is 0 Å². The highest BCUT2D eigenvalue weighted by molar-refractivity contribution is 5.93. The van der Waals surface area contributed by atoms with E-state index < -0.39 is 0 Å². The minimum Gasteiger partial charge on any atom is -0.372 e. The van der Waals surface area contributed by atoms with Crippen LogP contribution in [0, 0.1) is 0 Å². The third-order valence-corrected chi connectivity index (χ3v) is 5.02. The summed E-state index contributed by atoms with van der Waals surface area (Å²) < 4.78 is 0. The van der Waals surface area contributed by atoms with E-state index in [1.165, 1.54) is 42.7 Å². The summed E-state index contributed by atoms with van der Waals surface area (Å²) in [5, 5.41) is 9.47. The van der Waals surface area contributed by atoms with Crippen LogP contribution in [0.3, 0.4) is 0 Å². The summed E-state index contributed by atoms with van der Waals surface area (Å²) in [5.74, 6) is 0. The Kier molecular flexibility index (Phi) is 3.66. The van der Waals surface area contributed by atoms with E-state index in [9.17, 15) is 0 Å². The molecular weight excluding hydrogens is 324 g/mol. The number of H-pyrrole nitrogens is 1. The van der Waals surface area contributed by atoms with Crippen molar-refractivity contribution in [3.63, 3.8) is 0 Å². The molecule has 4 heterocycles. The smallest absolute Gasteiger partial charge is 0.138 e. The van der Waals surface area contributed by atoms with Gasteiger partial charge in [-0.25, -0.2) is 4.98 Å². The van der Waals surface area contributed by atoms with Gasteiger partial charge in [0.15, 0.2) is 0 Å². The van der Waals surface area contributed by atoms with Gasteiger partial charge in [0.25, 0.3) is 0 Å². The lowest BCUT2D eigenvalue weighted by Crippen LogP contribution is -2.17. The van der Waals surface area contributed by atoms with Crippen LogP contribution < -0.4 is 4.90 Å². The van der Waals surface area contributed by atoms with E-state index in [0.717, 1.165) is 16.7 Å². The van der Waals surface area contributed by atoms with Crippen LogP contribution in [0.1, 0.15) is 18.5 Å². The minimum absolute atomic E-state index is 0.608. The van der Waals surface area contributed by atoms with Crippen LogP contribution in [0.25, 0.3) is 22.2 Å². The summed E-state index contributed by atoms with van der Waals surface area (Å²) in [7, 11) is 0. The fraction of sp³-hybridized carbons (Fsp3) is 0.250. The zero-order chi connectivity index (χ0) is 17.3. The van der Waals surface area contributed by atoms with Gasteiger partial charge in [-0.2, -0.15) is 15.0 Å². The molecule has 1 N–H and O–H groups in total. The molecule has 4 aromatic rings. The van der Waals surface area contributed by atoms with Crippen LogP contribution in [-0.2, 0) is 6.54 Å². The van der Waals surface area contributed by atoms with Crippen LogP contribution in [0.15, 0.2) is 55.0 Å². The molecule has 0 saturated carbocycles. The number of nitrogens with zero attached hydrogens (tertiary/aromatic N) is 5. The van der Waals surface area contributed by atoms with Gasteiger partial charge in [0.1, 0.15) is 12.2 Å². The number of hydrogen-bond acceptors (Lipinski definition) is 4. The maximum atomic E-state index is 4.48. The number of fused-ring (bicyclic) bond motifs is 1. The summed E-state index contributed by atoms with van der Waals surface area (Å²) in [6.07, 6.45) is 7.83. The second-order valence-electron chi connectivity index (χ2n) is 6.72. The molecule has 0 aliphatic carbocycles. The van der Waals surface area contributed by atoms with Gasteiger partial charge in [-0.05, 0) is 48.2 Å². The molecule has 0 amide bonds. The number of pyridine rings is 1. The lowest BCUT2D eigenvalue weighted by atomic mass is 10.0. The molecule has 0 spiro atoms. The van der Waals surface area contributed by atoms with Gasteiger partial charge in [0.2, 0.25) is 0 Å². The Bertz CT molecular complexity index is 1010. The van der Waals surface area contributed by atoms with Crippen molar-refractivity contribution in [3.8, 4) is 11.1 Å². The van der Waals surface area contributed by atoms with Crippen molar-refractivity contribution in [3.05, 3.63) is 60.7 Å². The number of benzene rings is 1. The molecule has 1 saturated heterocycles. The average Bonchev–Trinajstić information content (AvgIpc) is 3.43. The van der Waals surface area contributed by atoms with E-state index in [0.29, 0.717) is 6.54 Å². The van der Waals surface area contributed by atoms with Crippen LogP contribution >= 0.6 is 0 Å². The van der Waals surface area contributed by atoms with Gasteiger partial charge in [-0.15, -0.1) is 0 Å². The number of aromatic amines is 1. The van der Waals surface area contributed by atoms with E-state index in [2.05, 4.69) is 61.5 Å². The Morgan fingerprint density at radius 2 is 1.69 bits per heavy atom. The Morgan fingerprint density at radius 1 is 0.923 bits per heavy atom. The van der Waals surface area contributed by atoms with E-state index in [1.807, 2.05) is 6.20 Å². The number of hydrogen-bond donors (Lipinski definition) is 1. The summed E-state index contributed by atoms with van der Waals surface area (Å²) in [4.78, 5) is 12.0. The minimum atomic E-state index is 0.608. The van der Waals surface area contributed by atoms with Crippen molar-refractivity contribution in [2.75, 3.05) is 18.0 Å². The summed E-state index contributed by atoms with van der Waals surface area (Å²) in [5.41, 5.74) is 5.66. The van der Waals surface area contributed by atoms with Crippen molar-refractivity contribution >= 4 is 16.7 Å². The van der Waals surface area contributed by atoms with Gasteiger partial charge in [0, 0.05) is 36.1 Å². The average molecular weight is 344 g/mol. The number of rotatable bonds is 4. The Morgan fingerprint density at radius 3 is 2.46 bits per heavy atom. The van der Waals surface area contributed by atoms with Gasteiger partial charge in [-0.1, -0.05) is 12.1 Å². The van der Waals surface area contributed by atoms with Gasteiger partial charge >= 0.3 is 0 Å². The molecule has 0 atom stereocenters. The van der Waals surface area contributed by atoms with Crippen molar-refractivity contribution < 1.29 is 0 Å². The highest BCUT2D eigenvalue weighted by Gasteiger charge is 2.13. The highest BCUT2D eigenvalue weighted by atomic mass is 15.5. The molecule has 26 heavy (non-hydrogen) atoms. The normalized spacial score (nSPS) is 14.4. The molecule has 1 aromatic carbocycles. The van der Waals surface area contributed by atoms with Crippen molar-refractivity contribution in [2.45, 2.75) is 19.4 Å². The second kappa shape index (κ2) is 6.29. The Balaban J connectivity index is 1.49. The molecule has 3 aromatic heterocycles. The molecule has 1 aliphatic heterocycles. The second-order valence-corrected chi connectivity index (χ2v) is 6.72. The zero-order valence-electron chi connectivity index (χ0n) is 14.5. The number of aromatic nitrogens is 5. The van der Waals surface area contributed by atoms with Crippen LogP contribution in [-0.4, -0.2) is 38.1 Å². The SMILES string of the molecule is c1cc(-c2ccc(N3CCCC3)cc2)c2cc(Cn3nccn3)[nH]c2n1. The molecule has 0 bridgehead atoms. The van der Waals surface area contributed by atoms with Crippen molar-refractivity contribution in [2.24, 2.45) is 0 Å². The first-order valence-electron chi connectivity index (χ1n) is 9.03. The van der Waals surface area contributed by atoms with Crippen molar-refractivity contribution in [1.82, 2.24) is 25.0 Å². The lowest BCUT2D eigenvalue weighted by molar-refractivity contribution is 0.584. The van der Waals surface area contributed by atoms with Crippen LogP contribution in [0.5, 0.6) is 0 Å². The predicted octanol–water partition coefficient (Wildman–Crippen LogP) is 3.47. The van der Waals surface area contributed by atoms with Gasteiger partial charge < -0.3 is 9.88 Å². The van der Waals surface area contributed by atoms with Gasteiger partial charge in [0.05, 0.1) is 12.4 Å². The quantitative estimate of drug-likeness (QED) is 0.616. The maximum absolute atomic E-state index is 4.48. The molecule has 1 fully saturated rings. The summed E-state index contributed by atoms with van der Waals surface area (Å²) in [6.45, 7) is 2.94. The Hall–Kier alpha value is -3.15. The molecule has 130 valence electrons. The Labute approximate surface area is 151 Å². The number of nitrogens with one attached hydrogen (secondary N) is 1. The monoisotopic (exact) mass is 344 g/mol. The van der Waals surface area contributed by atoms with E-state index in [4.69, 9.17) is 0 Å². The first-order valence-corrected chi connectivity index (χ1v) is 9.03. The molecule has 0 unspecified atom stereocenters. The third kappa shape index (κ3) is 2.73. The fourth-order valence-electron chi connectivity index (χ4n) is 3.72. The lowest BCUT2D eigenvalue weighted by Gasteiger charge is -2.17. The predicted molar refractivity (Wildman–Crippen MR) is 102 cm³/mol. The maximum Gasteiger partial charge on any atom is 0.138 e. The largest absolute Gasteiger partial charge is 0.372 e. The van der Waals surface area contributed by atoms with E-state index in [1.54, 1.807) is 17.2 Å². The first-order chi connectivity index (χ1) is 12.9. The zero-order valence-corrected chi connectivity index (χ0v) is 14.5. The summed E-state index contributed by atoms with van der Waals surface area (Å²) >= 11 is 0. The third-order valence-electron chi connectivity index (χ3n) is 5.02. The number of anilines is 1. The standard InChI is InChI=1S/C20H20N6/c1-2-12-25(11-1)17-5-3-15(4-6-17)18-7-8-21-20-19(18)13-16(24-20)14-26-22-9-10-23-26/h3-10,13H,1-2,11-12,14H2,(H,21,24). The molecule has 5 rings (SSSR count). The highest BCUT2D eigenvalue weighted by Crippen LogP contribution is 2.30. The molecular formula is C20H20N6. The molecule has 1 aliphatic rings. The topological polar surface area (TPSA) is 62.6 Å². The molecule has 6 heteroatoms. The fourth-order valence-corrected chi connectivity index (χ4v) is 3.72. The van der Waals surface area contributed by atoms with Gasteiger partial charge in [-0.3, -0.25) is 0 Å². The summed E-state index contributed by atoms with van der Waals surface area (Å²) in [6, 6.07) is 13.1. The first kappa shape index (κ1) is 15.1.